The first-order valence-electron chi connectivity index (χ1n) is 10.1. The molecule has 0 aliphatic heterocycles. The lowest BCUT2D eigenvalue weighted by molar-refractivity contribution is -0.384. The van der Waals surface area contributed by atoms with Crippen LogP contribution in [0.3, 0.4) is 0 Å². The third kappa shape index (κ3) is 5.15. The normalized spacial score (nSPS) is 10.7. The lowest BCUT2D eigenvalue weighted by Crippen LogP contribution is -2.41. The molecule has 2 aromatic carbocycles. The maximum atomic E-state index is 12.9. The highest BCUT2D eigenvalue weighted by Gasteiger charge is 2.19. The van der Waals surface area contributed by atoms with E-state index < -0.39 is 16.4 Å². The van der Waals surface area contributed by atoms with Crippen LogP contribution in [0.4, 0.5) is 11.4 Å². The number of aryl methyl sites for hydroxylation is 1. The van der Waals surface area contributed by atoms with Gasteiger partial charge in [0.25, 0.3) is 11.2 Å². The van der Waals surface area contributed by atoms with Crippen LogP contribution in [0.1, 0.15) is 18.9 Å². The zero-order valence-electron chi connectivity index (χ0n) is 17.8. The fraction of sp³-hybridized carbons (Fsp3) is 0.273. The topological polar surface area (TPSA) is 127 Å². The van der Waals surface area contributed by atoms with Crippen LogP contribution in [0, 0.1) is 17.0 Å². The Morgan fingerprint density at radius 2 is 1.97 bits per heavy atom. The number of nitrogens with one attached hydrogen (secondary N) is 1. The first-order chi connectivity index (χ1) is 15.3. The van der Waals surface area contributed by atoms with E-state index in [2.05, 4.69) is 10.3 Å². The first kappa shape index (κ1) is 22.6. The summed E-state index contributed by atoms with van der Waals surface area (Å²) in [6, 6.07) is 11.1. The molecule has 1 aromatic heterocycles. The molecule has 0 bridgehead atoms. The summed E-state index contributed by atoms with van der Waals surface area (Å²) >= 11 is 0. The number of para-hydroxylation sites is 1. The van der Waals surface area contributed by atoms with Gasteiger partial charge in [-0.3, -0.25) is 29.1 Å². The molecule has 1 N–H and O–H groups in total. The van der Waals surface area contributed by atoms with Crippen LogP contribution in [0.5, 0.6) is 0 Å². The van der Waals surface area contributed by atoms with E-state index in [1.165, 1.54) is 29.4 Å². The summed E-state index contributed by atoms with van der Waals surface area (Å²) in [6.07, 6.45) is 1.82. The highest BCUT2D eigenvalue weighted by Crippen LogP contribution is 2.16. The van der Waals surface area contributed by atoms with Crippen molar-refractivity contribution in [3.63, 3.8) is 0 Å². The lowest BCUT2D eigenvalue weighted by Gasteiger charge is -2.22. The fourth-order valence-corrected chi connectivity index (χ4v) is 3.26. The number of non-ortho nitro benzene ring substituents is 1. The Kier molecular flexibility index (Phi) is 6.93. The number of rotatable bonds is 8. The van der Waals surface area contributed by atoms with E-state index >= 15 is 0 Å². The summed E-state index contributed by atoms with van der Waals surface area (Å²) in [5, 5.41) is 13.9. The molecule has 32 heavy (non-hydrogen) atoms. The molecule has 2 amide bonds. The minimum absolute atomic E-state index is 0.150. The van der Waals surface area contributed by atoms with Crippen LogP contribution in [-0.4, -0.2) is 44.3 Å². The van der Waals surface area contributed by atoms with E-state index in [-0.39, 0.29) is 35.6 Å². The third-order valence-electron chi connectivity index (χ3n) is 4.93. The van der Waals surface area contributed by atoms with E-state index in [4.69, 9.17) is 0 Å². The number of fused-ring (bicyclic) bond motifs is 1. The smallest absolute Gasteiger partial charge is 0.271 e. The molecular weight excluding hydrogens is 414 g/mol. The molecule has 0 saturated carbocycles. The van der Waals surface area contributed by atoms with Gasteiger partial charge in [-0.05, 0) is 31.0 Å². The highest BCUT2D eigenvalue weighted by molar-refractivity contribution is 5.95. The number of nitrogens with zero attached hydrogens (tertiary/aromatic N) is 4. The number of hydrogen-bond acceptors (Lipinski definition) is 6. The summed E-state index contributed by atoms with van der Waals surface area (Å²) in [4.78, 5) is 53.9. The van der Waals surface area contributed by atoms with E-state index in [1.54, 1.807) is 6.07 Å². The van der Waals surface area contributed by atoms with Crippen molar-refractivity contribution in [3.8, 4) is 0 Å². The van der Waals surface area contributed by atoms with Crippen molar-refractivity contribution >= 4 is 34.1 Å². The standard InChI is InChI=1S/C22H23N5O5/c1-3-10-25(12-20(28)24-18-7-5-4-6-15(18)2)21(29)13-26-14-23-19-11-16(27(31)32)8-9-17(19)22(26)30/h4-9,11,14H,3,10,12-13H2,1-2H3,(H,24,28). The van der Waals surface area contributed by atoms with Gasteiger partial charge in [0.15, 0.2) is 0 Å². The van der Waals surface area contributed by atoms with Crippen molar-refractivity contribution < 1.29 is 14.5 Å². The second-order valence-corrected chi connectivity index (χ2v) is 7.31. The number of amides is 2. The summed E-state index contributed by atoms with van der Waals surface area (Å²) in [5.41, 5.74) is 1.09. The molecule has 1 heterocycles. The summed E-state index contributed by atoms with van der Waals surface area (Å²) in [5.74, 6) is -0.741. The van der Waals surface area contributed by atoms with Crippen molar-refractivity contribution in [2.45, 2.75) is 26.8 Å². The van der Waals surface area contributed by atoms with Crippen molar-refractivity contribution in [3.05, 3.63) is 74.8 Å². The van der Waals surface area contributed by atoms with Gasteiger partial charge in [-0.1, -0.05) is 25.1 Å². The molecule has 0 spiro atoms. The van der Waals surface area contributed by atoms with Crippen molar-refractivity contribution in [1.29, 1.82) is 0 Å². The van der Waals surface area contributed by atoms with Gasteiger partial charge in [-0.2, -0.15) is 0 Å². The Morgan fingerprint density at radius 3 is 2.66 bits per heavy atom. The Balaban J connectivity index is 1.76. The largest absolute Gasteiger partial charge is 0.332 e. The summed E-state index contributed by atoms with van der Waals surface area (Å²) in [7, 11) is 0. The number of nitro benzene ring substituents is 1. The highest BCUT2D eigenvalue weighted by atomic mass is 16.6. The van der Waals surface area contributed by atoms with Gasteiger partial charge in [-0.25, -0.2) is 4.98 Å². The van der Waals surface area contributed by atoms with E-state index in [0.29, 0.717) is 18.7 Å². The number of anilines is 1. The van der Waals surface area contributed by atoms with Crippen LogP contribution in [-0.2, 0) is 16.1 Å². The molecule has 0 fully saturated rings. The molecule has 0 saturated heterocycles. The van der Waals surface area contributed by atoms with E-state index in [9.17, 15) is 24.5 Å². The third-order valence-corrected chi connectivity index (χ3v) is 4.93. The molecule has 0 atom stereocenters. The fourth-order valence-electron chi connectivity index (χ4n) is 3.26. The molecule has 0 radical (unpaired) electrons. The Hall–Kier alpha value is -4.08. The van der Waals surface area contributed by atoms with Crippen LogP contribution in [0.2, 0.25) is 0 Å². The van der Waals surface area contributed by atoms with Crippen molar-refractivity contribution in [2.24, 2.45) is 0 Å². The minimum atomic E-state index is -0.569. The number of benzene rings is 2. The molecule has 3 rings (SSSR count). The zero-order chi connectivity index (χ0) is 23.3. The Bertz CT molecular complexity index is 1240. The van der Waals surface area contributed by atoms with Crippen LogP contribution in [0.25, 0.3) is 10.9 Å². The zero-order valence-corrected chi connectivity index (χ0v) is 17.8. The number of hydrogen-bond donors (Lipinski definition) is 1. The molecule has 0 unspecified atom stereocenters. The van der Waals surface area contributed by atoms with Crippen LogP contribution in [0.15, 0.2) is 53.6 Å². The molecule has 0 aliphatic carbocycles. The van der Waals surface area contributed by atoms with Gasteiger partial charge < -0.3 is 10.2 Å². The van der Waals surface area contributed by atoms with Gasteiger partial charge in [0, 0.05) is 24.4 Å². The van der Waals surface area contributed by atoms with E-state index in [1.807, 2.05) is 32.0 Å². The SMILES string of the molecule is CCCN(CC(=O)Nc1ccccc1C)C(=O)Cn1cnc2cc([N+](=O)[O-])ccc2c1=O. The second kappa shape index (κ2) is 9.82. The maximum Gasteiger partial charge on any atom is 0.271 e. The summed E-state index contributed by atoms with van der Waals surface area (Å²) < 4.78 is 1.14. The molecule has 3 aromatic rings. The molecular formula is C22H23N5O5. The van der Waals surface area contributed by atoms with Gasteiger partial charge in [-0.15, -0.1) is 0 Å². The quantitative estimate of drug-likeness (QED) is 0.426. The second-order valence-electron chi connectivity index (χ2n) is 7.31. The summed E-state index contributed by atoms with van der Waals surface area (Å²) in [6.45, 7) is 3.66. The first-order valence-corrected chi connectivity index (χ1v) is 10.1. The average Bonchev–Trinajstić information content (AvgIpc) is 2.76. The van der Waals surface area contributed by atoms with Gasteiger partial charge >= 0.3 is 0 Å². The average molecular weight is 437 g/mol. The maximum absolute atomic E-state index is 12.9. The number of carbonyl (C=O) groups excluding carboxylic acids is 2. The predicted octanol–water partition coefficient (Wildman–Crippen LogP) is 2.49. The lowest BCUT2D eigenvalue weighted by atomic mass is 10.2. The molecule has 10 heteroatoms. The van der Waals surface area contributed by atoms with Crippen molar-refractivity contribution in [1.82, 2.24) is 14.5 Å². The monoisotopic (exact) mass is 437 g/mol. The van der Waals surface area contributed by atoms with E-state index in [0.717, 1.165) is 10.1 Å². The Labute approximate surface area is 183 Å². The van der Waals surface area contributed by atoms with Gasteiger partial charge in [0.05, 0.1) is 28.7 Å². The Morgan fingerprint density at radius 1 is 1.22 bits per heavy atom. The molecule has 166 valence electrons. The molecule has 0 aliphatic rings. The van der Waals surface area contributed by atoms with Gasteiger partial charge in [0.2, 0.25) is 11.8 Å². The molecule has 10 nitrogen and oxygen atoms in total. The van der Waals surface area contributed by atoms with Crippen molar-refractivity contribution in [2.75, 3.05) is 18.4 Å². The van der Waals surface area contributed by atoms with Gasteiger partial charge in [0.1, 0.15) is 6.54 Å². The van der Waals surface area contributed by atoms with Crippen LogP contribution >= 0.6 is 0 Å². The number of aromatic nitrogens is 2. The predicted molar refractivity (Wildman–Crippen MR) is 119 cm³/mol. The van der Waals surface area contributed by atoms with Crippen LogP contribution < -0.4 is 10.9 Å². The number of carbonyl (C=O) groups is 2. The minimum Gasteiger partial charge on any atom is -0.332 e. The number of nitro groups is 1.